The first kappa shape index (κ1) is 26.6. The lowest BCUT2D eigenvalue weighted by Crippen LogP contribution is -2.58. The SMILES string of the molecule is CN=C(NCC1CN(CC(C)C)CCO1)N1CCN(C(C)C(=O)N2CCCC2)CC1.I. The molecular formula is C22H43IN6O2. The van der Waals surface area contributed by atoms with Gasteiger partial charge in [0.2, 0.25) is 5.91 Å². The summed E-state index contributed by atoms with van der Waals surface area (Å²) in [5, 5.41) is 3.52. The van der Waals surface area contributed by atoms with Crippen LogP contribution in [0.2, 0.25) is 0 Å². The van der Waals surface area contributed by atoms with E-state index in [0.29, 0.717) is 11.8 Å². The molecule has 3 aliphatic heterocycles. The van der Waals surface area contributed by atoms with Crippen molar-refractivity contribution in [2.45, 2.75) is 45.8 Å². The van der Waals surface area contributed by atoms with Crippen molar-refractivity contribution in [2.75, 3.05) is 79.1 Å². The zero-order valence-electron chi connectivity index (χ0n) is 19.9. The van der Waals surface area contributed by atoms with Crippen LogP contribution in [0, 0.1) is 5.92 Å². The molecule has 3 saturated heterocycles. The van der Waals surface area contributed by atoms with Crippen molar-refractivity contribution in [2.24, 2.45) is 10.9 Å². The van der Waals surface area contributed by atoms with Crippen molar-refractivity contribution in [3.05, 3.63) is 0 Å². The van der Waals surface area contributed by atoms with E-state index in [9.17, 15) is 4.79 Å². The lowest BCUT2D eigenvalue weighted by Gasteiger charge is -2.40. The third kappa shape index (κ3) is 7.71. The van der Waals surface area contributed by atoms with Crippen LogP contribution in [0.15, 0.2) is 4.99 Å². The Morgan fingerprint density at radius 3 is 2.32 bits per heavy atom. The third-order valence-corrected chi connectivity index (χ3v) is 6.48. The van der Waals surface area contributed by atoms with Gasteiger partial charge in [0.1, 0.15) is 0 Å². The van der Waals surface area contributed by atoms with Crippen LogP contribution in [-0.4, -0.2) is 123 Å². The minimum absolute atomic E-state index is 0. The molecule has 2 unspecified atom stereocenters. The van der Waals surface area contributed by atoms with Gasteiger partial charge in [0.05, 0.1) is 18.8 Å². The highest BCUT2D eigenvalue weighted by Gasteiger charge is 2.30. The van der Waals surface area contributed by atoms with Crippen LogP contribution in [0.1, 0.15) is 33.6 Å². The molecule has 0 aliphatic carbocycles. The van der Waals surface area contributed by atoms with Crippen LogP contribution in [-0.2, 0) is 9.53 Å². The summed E-state index contributed by atoms with van der Waals surface area (Å²) in [5.74, 6) is 1.92. The minimum Gasteiger partial charge on any atom is -0.374 e. The van der Waals surface area contributed by atoms with Crippen LogP contribution < -0.4 is 5.32 Å². The van der Waals surface area contributed by atoms with Crippen LogP contribution in [0.3, 0.4) is 0 Å². The molecular weight excluding hydrogens is 507 g/mol. The first-order valence-electron chi connectivity index (χ1n) is 11.8. The summed E-state index contributed by atoms with van der Waals surface area (Å²) in [6.07, 6.45) is 2.50. The average molecular weight is 551 g/mol. The van der Waals surface area contributed by atoms with Gasteiger partial charge in [0.15, 0.2) is 5.96 Å². The predicted octanol–water partition coefficient (Wildman–Crippen LogP) is 1.17. The number of aliphatic imine (C=N–C) groups is 1. The largest absolute Gasteiger partial charge is 0.374 e. The van der Waals surface area contributed by atoms with Gasteiger partial charge < -0.3 is 19.9 Å². The Morgan fingerprint density at radius 1 is 1.03 bits per heavy atom. The Kier molecular flexibility index (Phi) is 11.3. The van der Waals surface area contributed by atoms with E-state index >= 15 is 0 Å². The Morgan fingerprint density at radius 2 is 1.71 bits per heavy atom. The van der Waals surface area contributed by atoms with E-state index in [1.54, 1.807) is 0 Å². The molecule has 31 heavy (non-hydrogen) atoms. The number of carbonyl (C=O) groups is 1. The fraction of sp³-hybridized carbons (Fsp3) is 0.909. The van der Waals surface area contributed by atoms with Crippen molar-refractivity contribution in [1.82, 2.24) is 24.9 Å². The van der Waals surface area contributed by atoms with Crippen molar-refractivity contribution in [3.63, 3.8) is 0 Å². The van der Waals surface area contributed by atoms with Gasteiger partial charge in [-0.1, -0.05) is 13.8 Å². The van der Waals surface area contributed by atoms with E-state index in [2.05, 4.69) is 45.8 Å². The number of nitrogens with one attached hydrogen (secondary N) is 1. The normalized spacial score (nSPS) is 24.9. The maximum Gasteiger partial charge on any atom is 0.239 e. The molecule has 0 aromatic rings. The number of ether oxygens (including phenoxy) is 1. The molecule has 1 N–H and O–H groups in total. The number of amides is 1. The summed E-state index contributed by atoms with van der Waals surface area (Å²) in [5.41, 5.74) is 0. The highest BCUT2D eigenvalue weighted by atomic mass is 127. The first-order chi connectivity index (χ1) is 14.5. The van der Waals surface area contributed by atoms with Gasteiger partial charge in [0.25, 0.3) is 0 Å². The Balaban J connectivity index is 0.00000341. The molecule has 9 heteroatoms. The van der Waals surface area contributed by atoms with Crippen LogP contribution >= 0.6 is 24.0 Å². The standard InChI is InChI=1S/C22H42N6O2.HI/c1-18(2)16-25-13-14-30-20(17-25)15-24-22(23-4)28-11-9-26(10-12-28)19(3)21(29)27-7-5-6-8-27;/h18-20H,5-17H2,1-4H3,(H,23,24);1H. The lowest BCUT2D eigenvalue weighted by atomic mass is 10.2. The molecule has 0 aromatic carbocycles. The number of nitrogens with zero attached hydrogens (tertiary/aromatic N) is 5. The fourth-order valence-electron chi connectivity index (χ4n) is 4.80. The second-order valence-electron chi connectivity index (χ2n) is 9.31. The molecule has 0 aromatic heterocycles. The number of likely N-dealkylation sites (tertiary alicyclic amines) is 1. The summed E-state index contributed by atoms with van der Waals surface area (Å²) < 4.78 is 5.97. The lowest BCUT2D eigenvalue weighted by molar-refractivity contribution is -0.135. The number of halogens is 1. The minimum atomic E-state index is -0.0252. The summed E-state index contributed by atoms with van der Waals surface area (Å²) in [4.78, 5) is 26.4. The number of morpholine rings is 1. The van der Waals surface area contributed by atoms with E-state index in [-0.39, 0.29) is 36.1 Å². The monoisotopic (exact) mass is 550 g/mol. The van der Waals surface area contributed by atoms with Gasteiger partial charge >= 0.3 is 0 Å². The molecule has 3 fully saturated rings. The molecule has 3 aliphatic rings. The number of piperazine rings is 1. The zero-order chi connectivity index (χ0) is 21.5. The molecule has 0 spiro atoms. The van der Waals surface area contributed by atoms with Crippen molar-refractivity contribution >= 4 is 35.8 Å². The molecule has 1 amide bonds. The van der Waals surface area contributed by atoms with Crippen molar-refractivity contribution < 1.29 is 9.53 Å². The van der Waals surface area contributed by atoms with E-state index in [0.717, 1.165) is 90.9 Å². The number of hydrogen-bond acceptors (Lipinski definition) is 5. The number of guanidine groups is 1. The summed E-state index contributed by atoms with van der Waals surface area (Å²) in [6, 6.07) is -0.0252. The fourth-order valence-corrected chi connectivity index (χ4v) is 4.80. The molecule has 0 radical (unpaired) electrons. The topological polar surface area (TPSA) is 63.7 Å². The van der Waals surface area contributed by atoms with Crippen LogP contribution in [0.25, 0.3) is 0 Å². The second kappa shape index (κ2) is 13.2. The smallest absolute Gasteiger partial charge is 0.239 e. The number of hydrogen-bond donors (Lipinski definition) is 1. The summed E-state index contributed by atoms with van der Waals surface area (Å²) >= 11 is 0. The van der Waals surface area contributed by atoms with E-state index in [1.807, 2.05) is 11.9 Å². The Labute approximate surface area is 205 Å². The number of rotatable bonds is 6. The predicted molar refractivity (Wildman–Crippen MR) is 136 cm³/mol. The molecule has 3 rings (SSSR count). The van der Waals surface area contributed by atoms with Crippen molar-refractivity contribution in [1.29, 1.82) is 0 Å². The quantitative estimate of drug-likeness (QED) is 0.305. The zero-order valence-corrected chi connectivity index (χ0v) is 22.2. The van der Waals surface area contributed by atoms with E-state index < -0.39 is 0 Å². The molecule has 180 valence electrons. The average Bonchev–Trinajstić information content (AvgIpc) is 3.28. The molecule has 0 bridgehead atoms. The molecule has 0 saturated carbocycles. The summed E-state index contributed by atoms with van der Waals surface area (Å²) in [7, 11) is 1.85. The van der Waals surface area contributed by atoms with Crippen LogP contribution in [0.5, 0.6) is 0 Å². The van der Waals surface area contributed by atoms with Gasteiger partial charge in [0, 0.05) is 72.5 Å². The maximum absolute atomic E-state index is 12.7. The van der Waals surface area contributed by atoms with Gasteiger partial charge in [-0.25, -0.2) is 0 Å². The second-order valence-corrected chi connectivity index (χ2v) is 9.31. The molecule has 2 atom stereocenters. The van der Waals surface area contributed by atoms with Gasteiger partial charge in [-0.05, 0) is 25.7 Å². The Bertz CT molecular complexity index is 576. The van der Waals surface area contributed by atoms with Gasteiger partial charge in [-0.2, -0.15) is 0 Å². The summed E-state index contributed by atoms with van der Waals surface area (Å²) in [6.45, 7) is 16.7. The van der Waals surface area contributed by atoms with Crippen LogP contribution in [0.4, 0.5) is 0 Å². The maximum atomic E-state index is 12.7. The van der Waals surface area contributed by atoms with Gasteiger partial charge in [-0.3, -0.25) is 19.6 Å². The Hall–Kier alpha value is -0.650. The molecule has 8 nitrogen and oxygen atoms in total. The van der Waals surface area contributed by atoms with E-state index in [1.165, 1.54) is 0 Å². The van der Waals surface area contributed by atoms with Gasteiger partial charge in [-0.15, -0.1) is 24.0 Å². The third-order valence-electron chi connectivity index (χ3n) is 6.48. The first-order valence-corrected chi connectivity index (χ1v) is 11.8. The van der Waals surface area contributed by atoms with Crippen molar-refractivity contribution in [3.8, 4) is 0 Å². The number of carbonyl (C=O) groups excluding carboxylic acids is 1. The highest BCUT2D eigenvalue weighted by molar-refractivity contribution is 14.0. The molecule has 3 heterocycles. The van der Waals surface area contributed by atoms with E-state index in [4.69, 9.17) is 4.74 Å². The highest BCUT2D eigenvalue weighted by Crippen LogP contribution is 2.14.